The van der Waals surface area contributed by atoms with Gasteiger partial charge < -0.3 is 10.1 Å². The number of carbonyl (C=O) groups excluding carboxylic acids is 1. The van der Waals surface area contributed by atoms with Crippen LogP contribution in [-0.4, -0.2) is 26.0 Å². The van der Waals surface area contributed by atoms with Crippen molar-refractivity contribution in [3.8, 4) is 0 Å². The van der Waals surface area contributed by atoms with Gasteiger partial charge in [0.1, 0.15) is 0 Å². The Balaban J connectivity index is 3.85. The number of nitrogens with zero attached hydrogens (tertiary/aromatic N) is 1. The van der Waals surface area contributed by atoms with Crippen molar-refractivity contribution in [2.45, 2.75) is 6.92 Å². The van der Waals surface area contributed by atoms with Gasteiger partial charge in [0.15, 0.2) is 5.90 Å². The van der Waals surface area contributed by atoms with Crippen LogP contribution in [-0.2, 0) is 9.53 Å². The van der Waals surface area contributed by atoms with E-state index in [1.54, 1.807) is 14.0 Å². The highest BCUT2D eigenvalue weighted by atomic mass is 16.5. The molecule has 0 aromatic heterocycles. The lowest BCUT2D eigenvalue weighted by Crippen LogP contribution is -2.13. The maximum absolute atomic E-state index is 10.6. The second-order valence-corrected chi connectivity index (χ2v) is 1.78. The number of rotatable bonds is 2. The first-order chi connectivity index (χ1) is 5.20. The molecule has 11 heavy (non-hydrogen) atoms. The van der Waals surface area contributed by atoms with E-state index in [1.807, 2.05) is 0 Å². The van der Waals surface area contributed by atoms with Gasteiger partial charge in [-0.1, -0.05) is 0 Å². The minimum absolute atomic E-state index is 0.183. The zero-order chi connectivity index (χ0) is 8.69. The summed E-state index contributed by atoms with van der Waals surface area (Å²) in [6.07, 6.45) is 2.71. The van der Waals surface area contributed by atoms with Gasteiger partial charge in [-0.15, -0.1) is 0 Å². The van der Waals surface area contributed by atoms with E-state index in [0.717, 1.165) is 0 Å². The molecule has 0 rings (SSSR count). The van der Waals surface area contributed by atoms with Crippen LogP contribution in [0.4, 0.5) is 0 Å². The van der Waals surface area contributed by atoms with Crippen molar-refractivity contribution in [2.75, 3.05) is 14.2 Å². The van der Waals surface area contributed by atoms with Gasteiger partial charge in [-0.25, -0.2) is 4.99 Å². The Kier molecular flexibility index (Phi) is 4.81. The van der Waals surface area contributed by atoms with E-state index in [9.17, 15) is 4.79 Å². The molecule has 0 aromatic carbocycles. The van der Waals surface area contributed by atoms with Crippen molar-refractivity contribution in [3.63, 3.8) is 0 Å². The molecule has 0 fully saturated rings. The van der Waals surface area contributed by atoms with Crippen molar-refractivity contribution in [3.05, 3.63) is 12.3 Å². The summed E-state index contributed by atoms with van der Waals surface area (Å²) >= 11 is 0. The van der Waals surface area contributed by atoms with Crippen LogP contribution in [0.3, 0.4) is 0 Å². The van der Waals surface area contributed by atoms with E-state index < -0.39 is 0 Å². The lowest BCUT2D eigenvalue weighted by molar-refractivity contribution is -0.116. The Hall–Kier alpha value is -1.32. The van der Waals surface area contributed by atoms with Crippen LogP contribution in [0.1, 0.15) is 6.92 Å². The van der Waals surface area contributed by atoms with Crippen molar-refractivity contribution in [2.24, 2.45) is 4.99 Å². The summed E-state index contributed by atoms with van der Waals surface area (Å²) in [5.74, 6) is 0.336. The summed E-state index contributed by atoms with van der Waals surface area (Å²) in [7, 11) is 3.08. The maximum Gasteiger partial charge on any atom is 0.245 e. The SMILES string of the molecule is CNC(=O)/C=C\N=C(C)OC. The predicted molar refractivity (Wildman–Crippen MR) is 43.3 cm³/mol. The topological polar surface area (TPSA) is 50.7 Å². The highest BCUT2D eigenvalue weighted by molar-refractivity contribution is 5.87. The third-order valence-corrected chi connectivity index (χ3v) is 1.02. The highest BCUT2D eigenvalue weighted by Gasteiger charge is 1.85. The van der Waals surface area contributed by atoms with Crippen LogP contribution in [0.2, 0.25) is 0 Å². The van der Waals surface area contributed by atoms with Gasteiger partial charge in [-0.3, -0.25) is 4.79 Å². The minimum Gasteiger partial charge on any atom is -0.484 e. The molecule has 0 unspecified atom stereocenters. The van der Waals surface area contributed by atoms with Crippen molar-refractivity contribution in [1.82, 2.24) is 5.32 Å². The second-order valence-electron chi connectivity index (χ2n) is 1.78. The fraction of sp³-hybridized carbons (Fsp3) is 0.429. The van der Waals surface area contributed by atoms with Crippen LogP contribution in [0, 0.1) is 0 Å². The highest BCUT2D eigenvalue weighted by Crippen LogP contribution is 1.80. The van der Waals surface area contributed by atoms with E-state index in [2.05, 4.69) is 10.3 Å². The van der Waals surface area contributed by atoms with Gasteiger partial charge in [-0.2, -0.15) is 0 Å². The van der Waals surface area contributed by atoms with Crippen molar-refractivity contribution >= 4 is 11.8 Å². The van der Waals surface area contributed by atoms with Crippen molar-refractivity contribution in [1.29, 1.82) is 0 Å². The molecule has 0 heterocycles. The number of carbonyl (C=O) groups is 1. The van der Waals surface area contributed by atoms with Crippen LogP contribution >= 0.6 is 0 Å². The number of hydrogen-bond acceptors (Lipinski definition) is 3. The number of ether oxygens (including phenoxy) is 1. The molecule has 0 aliphatic heterocycles. The monoisotopic (exact) mass is 156 g/mol. The molecule has 4 heteroatoms. The first kappa shape index (κ1) is 9.68. The molecular formula is C7H12N2O2. The fourth-order valence-electron chi connectivity index (χ4n) is 0.346. The van der Waals surface area contributed by atoms with E-state index in [1.165, 1.54) is 19.4 Å². The van der Waals surface area contributed by atoms with Crippen LogP contribution in [0.25, 0.3) is 0 Å². The van der Waals surface area contributed by atoms with E-state index >= 15 is 0 Å². The second kappa shape index (κ2) is 5.46. The first-order valence-corrected chi connectivity index (χ1v) is 3.17. The van der Waals surface area contributed by atoms with Crippen molar-refractivity contribution < 1.29 is 9.53 Å². The lowest BCUT2D eigenvalue weighted by Gasteiger charge is -1.92. The third-order valence-electron chi connectivity index (χ3n) is 1.02. The van der Waals surface area contributed by atoms with Crippen LogP contribution in [0.15, 0.2) is 17.3 Å². The van der Waals surface area contributed by atoms with E-state index in [0.29, 0.717) is 5.90 Å². The molecule has 4 nitrogen and oxygen atoms in total. The zero-order valence-electron chi connectivity index (χ0n) is 6.92. The molecular weight excluding hydrogens is 144 g/mol. The van der Waals surface area contributed by atoms with E-state index in [4.69, 9.17) is 4.74 Å². The number of likely N-dealkylation sites (N-methyl/N-ethyl adjacent to an activating group) is 1. The van der Waals surface area contributed by atoms with Crippen LogP contribution < -0.4 is 5.32 Å². The maximum atomic E-state index is 10.6. The summed E-state index contributed by atoms with van der Waals surface area (Å²) in [5.41, 5.74) is 0. The molecule has 62 valence electrons. The third kappa shape index (κ3) is 5.14. The molecule has 0 atom stereocenters. The molecule has 1 N–H and O–H groups in total. The summed E-state index contributed by atoms with van der Waals surface area (Å²) < 4.78 is 4.73. The van der Waals surface area contributed by atoms with E-state index in [-0.39, 0.29) is 5.91 Å². The molecule has 0 radical (unpaired) electrons. The number of hydrogen-bond donors (Lipinski definition) is 1. The van der Waals surface area contributed by atoms with Gasteiger partial charge in [-0.05, 0) is 0 Å². The smallest absolute Gasteiger partial charge is 0.245 e. The molecule has 1 amide bonds. The number of aliphatic imine (C=N–C) groups is 1. The van der Waals surface area contributed by atoms with Gasteiger partial charge in [0.2, 0.25) is 5.91 Å². The molecule has 0 spiro atoms. The summed E-state index contributed by atoms with van der Waals surface area (Å²) in [6, 6.07) is 0. The Morgan fingerprint density at radius 2 is 2.27 bits per heavy atom. The number of amides is 1. The Bertz CT molecular complexity index is 185. The van der Waals surface area contributed by atoms with Gasteiger partial charge >= 0.3 is 0 Å². The first-order valence-electron chi connectivity index (χ1n) is 3.17. The Morgan fingerprint density at radius 3 is 2.73 bits per heavy atom. The summed E-state index contributed by atoms with van der Waals surface area (Å²) in [6.45, 7) is 1.70. The normalized spacial score (nSPS) is 11.7. The van der Waals surface area contributed by atoms with Gasteiger partial charge in [0.05, 0.1) is 7.11 Å². The Morgan fingerprint density at radius 1 is 1.64 bits per heavy atom. The summed E-state index contributed by atoms with van der Waals surface area (Å²) in [4.78, 5) is 14.4. The average Bonchev–Trinajstić information content (AvgIpc) is 2.04. The molecule has 0 bridgehead atoms. The molecule has 0 aliphatic carbocycles. The van der Waals surface area contributed by atoms with Gasteiger partial charge in [0.25, 0.3) is 0 Å². The minimum atomic E-state index is -0.183. The van der Waals surface area contributed by atoms with Crippen LogP contribution in [0.5, 0.6) is 0 Å². The molecule has 0 saturated carbocycles. The number of nitrogens with one attached hydrogen (secondary N) is 1. The predicted octanol–water partition coefficient (Wildman–Crippen LogP) is 0.311. The average molecular weight is 156 g/mol. The Labute approximate surface area is 66.0 Å². The molecule has 0 aromatic rings. The number of methoxy groups -OCH3 is 1. The fourth-order valence-corrected chi connectivity index (χ4v) is 0.346. The largest absolute Gasteiger partial charge is 0.484 e. The summed E-state index contributed by atoms with van der Waals surface area (Å²) in [5, 5.41) is 2.42. The zero-order valence-corrected chi connectivity index (χ0v) is 6.92. The van der Waals surface area contributed by atoms with Gasteiger partial charge in [0, 0.05) is 26.2 Å². The molecule has 0 aliphatic rings. The quantitative estimate of drug-likeness (QED) is 0.355. The lowest BCUT2D eigenvalue weighted by atomic mass is 10.6. The molecule has 0 saturated heterocycles. The standard InChI is InChI=1S/C7H12N2O2/c1-6(11-3)9-5-4-7(10)8-2/h4-5H,1-3H3,(H,8,10)/b5-4-,9-6?.